The summed E-state index contributed by atoms with van der Waals surface area (Å²) in [6.45, 7) is 11.5. The van der Waals surface area contributed by atoms with Gasteiger partial charge in [0.25, 0.3) is 0 Å². The first-order valence-corrected chi connectivity index (χ1v) is 17.2. The number of nitrogens with zero attached hydrogens (tertiary/aromatic N) is 3. The standard InChI is InChI=1S/C31H49Br2N11/c32-26-17-28(22-38-20-26)41-9-1-5-34-13-15-36-7-3-11-43-30-19-31(25-40-24-30)44-12-4-8-37-16-14-35-6-2-10-42-29-18-27(33)21-39-23-29/h17-25,34-37,41-44H,1-16H2. The second-order valence-corrected chi connectivity index (χ2v) is 12.2. The summed E-state index contributed by atoms with van der Waals surface area (Å²) >= 11 is 6.88. The zero-order valence-corrected chi connectivity index (χ0v) is 28.8. The molecule has 0 saturated carbocycles. The lowest BCUT2D eigenvalue weighted by molar-refractivity contribution is 0.595. The average molecular weight is 736 g/mol. The molecule has 0 spiro atoms. The molecule has 0 fully saturated rings. The normalized spacial score (nSPS) is 11.0. The molecule has 13 heteroatoms. The number of halogens is 2. The number of pyridine rings is 3. The number of hydrogen-bond donors (Lipinski definition) is 8. The van der Waals surface area contributed by atoms with E-state index >= 15 is 0 Å². The molecule has 0 amide bonds. The van der Waals surface area contributed by atoms with Gasteiger partial charge < -0.3 is 42.5 Å². The third kappa shape index (κ3) is 17.7. The molecule has 242 valence electrons. The number of rotatable bonds is 26. The number of hydrogen-bond acceptors (Lipinski definition) is 11. The van der Waals surface area contributed by atoms with Gasteiger partial charge in [-0.2, -0.15) is 0 Å². The molecule has 11 nitrogen and oxygen atoms in total. The van der Waals surface area contributed by atoms with Crippen molar-refractivity contribution in [1.29, 1.82) is 0 Å². The highest BCUT2D eigenvalue weighted by molar-refractivity contribution is 9.10. The Morgan fingerprint density at radius 1 is 0.364 bits per heavy atom. The minimum Gasteiger partial charge on any atom is -0.384 e. The Kier molecular flexibility index (Phi) is 19.4. The van der Waals surface area contributed by atoms with Crippen molar-refractivity contribution >= 4 is 54.6 Å². The molecule has 0 aliphatic carbocycles. The van der Waals surface area contributed by atoms with Gasteiger partial charge in [0.05, 0.1) is 47.5 Å². The molecular weight excluding hydrogens is 686 g/mol. The Hall–Kier alpha value is -2.55. The van der Waals surface area contributed by atoms with Gasteiger partial charge in [-0.3, -0.25) is 15.0 Å². The summed E-state index contributed by atoms with van der Waals surface area (Å²) in [5.41, 5.74) is 4.20. The van der Waals surface area contributed by atoms with Crippen LogP contribution >= 0.6 is 31.9 Å². The largest absolute Gasteiger partial charge is 0.384 e. The minimum atomic E-state index is 0.915. The molecule has 3 aromatic rings. The molecule has 3 rings (SSSR count). The predicted octanol–water partition coefficient (Wildman–Crippen LogP) is 4.36. The van der Waals surface area contributed by atoms with Gasteiger partial charge in [0.15, 0.2) is 0 Å². The van der Waals surface area contributed by atoms with Crippen LogP contribution in [0.4, 0.5) is 22.7 Å². The average Bonchev–Trinajstić information content (AvgIpc) is 3.02. The molecule has 3 heterocycles. The van der Waals surface area contributed by atoms with Crippen molar-refractivity contribution < 1.29 is 0 Å². The maximum absolute atomic E-state index is 4.37. The first-order valence-electron chi connectivity index (χ1n) is 15.6. The SMILES string of the molecule is Brc1cncc(NCCCNCCNCCCNc2cncc(NCCCNCCNCCCNc3cncc(Br)c3)c2)c1. The van der Waals surface area contributed by atoms with Gasteiger partial charge in [-0.25, -0.2) is 0 Å². The van der Waals surface area contributed by atoms with Crippen molar-refractivity contribution in [2.75, 3.05) is 99.8 Å². The van der Waals surface area contributed by atoms with Crippen LogP contribution in [0.25, 0.3) is 0 Å². The Morgan fingerprint density at radius 3 is 0.977 bits per heavy atom. The van der Waals surface area contributed by atoms with Crippen molar-refractivity contribution in [3.63, 3.8) is 0 Å². The van der Waals surface area contributed by atoms with Crippen LogP contribution in [0.1, 0.15) is 25.7 Å². The van der Waals surface area contributed by atoms with Crippen molar-refractivity contribution in [1.82, 2.24) is 36.2 Å². The zero-order chi connectivity index (χ0) is 30.9. The summed E-state index contributed by atoms with van der Waals surface area (Å²) in [5.74, 6) is 0. The summed E-state index contributed by atoms with van der Waals surface area (Å²) in [4.78, 5) is 12.7. The fourth-order valence-electron chi connectivity index (χ4n) is 4.29. The number of anilines is 4. The van der Waals surface area contributed by atoms with Crippen LogP contribution in [0.5, 0.6) is 0 Å². The number of aromatic nitrogens is 3. The minimum absolute atomic E-state index is 0.915. The smallest absolute Gasteiger partial charge is 0.0547 e. The van der Waals surface area contributed by atoms with Gasteiger partial charge in [0.2, 0.25) is 0 Å². The summed E-state index contributed by atoms with van der Waals surface area (Å²) in [6.07, 6.45) is 15.3. The van der Waals surface area contributed by atoms with E-state index in [1.54, 1.807) is 12.4 Å². The lowest BCUT2D eigenvalue weighted by Crippen LogP contribution is -2.29. The van der Waals surface area contributed by atoms with Gasteiger partial charge in [-0.05, 0) is 102 Å². The van der Waals surface area contributed by atoms with Crippen LogP contribution < -0.4 is 42.5 Å². The third-order valence-corrected chi connectivity index (χ3v) is 7.41. The summed E-state index contributed by atoms with van der Waals surface area (Å²) in [7, 11) is 0. The maximum Gasteiger partial charge on any atom is 0.0547 e. The highest BCUT2D eigenvalue weighted by atomic mass is 79.9. The lowest BCUT2D eigenvalue weighted by atomic mass is 10.3. The highest BCUT2D eigenvalue weighted by Crippen LogP contribution is 2.14. The molecule has 0 bridgehead atoms. The van der Waals surface area contributed by atoms with Crippen LogP contribution in [-0.4, -0.2) is 93.5 Å². The molecule has 0 saturated heterocycles. The van der Waals surface area contributed by atoms with Crippen molar-refractivity contribution in [3.8, 4) is 0 Å². The Bertz CT molecular complexity index is 1070. The van der Waals surface area contributed by atoms with Crippen LogP contribution in [0.15, 0.2) is 64.3 Å². The van der Waals surface area contributed by atoms with E-state index in [2.05, 4.69) is 95.4 Å². The first kappa shape index (κ1) is 35.9. The Balaban J connectivity index is 1.06. The molecule has 0 radical (unpaired) electrons. The lowest BCUT2D eigenvalue weighted by Gasteiger charge is -2.11. The molecular formula is C31H49Br2N11. The maximum atomic E-state index is 4.37. The molecule has 8 N–H and O–H groups in total. The highest BCUT2D eigenvalue weighted by Gasteiger charge is 1.99. The molecule has 0 unspecified atom stereocenters. The van der Waals surface area contributed by atoms with Gasteiger partial charge in [0, 0.05) is 73.7 Å². The molecule has 44 heavy (non-hydrogen) atoms. The van der Waals surface area contributed by atoms with Gasteiger partial charge in [-0.15, -0.1) is 0 Å². The Morgan fingerprint density at radius 2 is 0.659 bits per heavy atom. The summed E-state index contributed by atoms with van der Waals surface area (Å²) in [5, 5.41) is 27.7. The zero-order valence-electron chi connectivity index (χ0n) is 25.6. The number of nitrogens with one attached hydrogen (secondary N) is 8. The van der Waals surface area contributed by atoms with E-state index in [0.717, 1.165) is 136 Å². The van der Waals surface area contributed by atoms with Gasteiger partial charge in [0.1, 0.15) is 0 Å². The molecule has 0 atom stereocenters. The second kappa shape index (κ2) is 23.8. The van der Waals surface area contributed by atoms with Crippen LogP contribution in [0, 0.1) is 0 Å². The molecule has 0 aromatic carbocycles. The van der Waals surface area contributed by atoms with E-state index in [4.69, 9.17) is 0 Å². The van der Waals surface area contributed by atoms with E-state index in [9.17, 15) is 0 Å². The third-order valence-electron chi connectivity index (χ3n) is 6.54. The molecule has 0 aliphatic rings. The van der Waals surface area contributed by atoms with Gasteiger partial charge in [-0.1, -0.05) is 0 Å². The van der Waals surface area contributed by atoms with Crippen LogP contribution in [-0.2, 0) is 0 Å². The van der Waals surface area contributed by atoms with E-state index in [0.29, 0.717) is 0 Å². The van der Waals surface area contributed by atoms with E-state index in [-0.39, 0.29) is 0 Å². The second-order valence-electron chi connectivity index (χ2n) is 10.4. The fourth-order valence-corrected chi connectivity index (χ4v) is 5.02. The summed E-state index contributed by atoms with van der Waals surface area (Å²) in [6, 6.07) is 6.21. The topological polar surface area (TPSA) is 135 Å². The van der Waals surface area contributed by atoms with Crippen molar-refractivity contribution in [3.05, 3.63) is 64.3 Å². The monoisotopic (exact) mass is 733 g/mol. The van der Waals surface area contributed by atoms with Crippen LogP contribution in [0.2, 0.25) is 0 Å². The van der Waals surface area contributed by atoms with E-state index < -0.39 is 0 Å². The molecule has 0 aliphatic heterocycles. The fraction of sp³-hybridized carbons (Fsp3) is 0.516. The summed E-state index contributed by atoms with van der Waals surface area (Å²) < 4.78 is 1.98. The van der Waals surface area contributed by atoms with Crippen LogP contribution in [0.3, 0.4) is 0 Å². The van der Waals surface area contributed by atoms with Crippen molar-refractivity contribution in [2.24, 2.45) is 0 Å². The van der Waals surface area contributed by atoms with E-state index in [1.807, 2.05) is 36.9 Å². The first-order chi connectivity index (χ1) is 21.7. The predicted molar refractivity (Wildman–Crippen MR) is 192 cm³/mol. The Labute approximate surface area is 279 Å². The molecule has 3 aromatic heterocycles. The quantitative estimate of drug-likeness (QED) is 0.0560. The van der Waals surface area contributed by atoms with Gasteiger partial charge >= 0.3 is 0 Å². The van der Waals surface area contributed by atoms with E-state index in [1.165, 1.54) is 0 Å². The van der Waals surface area contributed by atoms with Crippen molar-refractivity contribution in [2.45, 2.75) is 25.7 Å².